The van der Waals surface area contributed by atoms with Crippen LogP contribution in [0.5, 0.6) is 0 Å². The van der Waals surface area contributed by atoms with Gasteiger partial charge in [0, 0.05) is 17.3 Å². The van der Waals surface area contributed by atoms with Crippen LogP contribution in [0.15, 0.2) is 12.1 Å². The van der Waals surface area contributed by atoms with Gasteiger partial charge in [-0.3, -0.25) is 4.79 Å². The van der Waals surface area contributed by atoms with E-state index in [9.17, 15) is 4.79 Å². The Bertz CT molecular complexity index is 585. The maximum atomic E-state index is 11.5. The van der Waals surface area contributed by atoms with E-state index < -0.39 is 0 Å². The lowest BCUT2D eigenvalue weighted by molar-refractivity contribution is -0.116. The summed E-state index contributed by atoms with van der Waals surface area (Å²) >= 11 is 18.8. The van der Waals surface area contributed by atoms with E-state index in [0.29, 0.717) is 39.4 Å². The molecule has 0 saturated carbocycles. The average molecular weight is 324 g/mol. The first kappa shape index (κ1) is 13.9. The highest BCUT2D eigenvalue weighted by Crippen LogP contribution is 2.33. The second-order valence-corrected chi connectivity index (χ2v) is 5.85. The predicted octanol–water partition coefficient (Wildman–Crippen LogP) is 4.56. The molecule has 0 bridgehead atoms. The zero-order chi connectivity index (χ0) is 13.1. The van der Waals surface area contributed by atoms with Gasteiger partial charge in [0.2, 0.25) is 5.91 Å². The van der Waals surface area contributed by atoms with Crippen LogP contribution < -0.4 is 5.32 Å². The lowest BCUT2D eigenvalue weighted by atomic mass is 10.3. The number of hydrogen-bond acceptors (Lipinski definition) is 3. The standard InChI is InChI=1S/C11H9Cl3N2OS/c12-3-1-2-9(17)15-11-16-10-7(14)4-6(13)5-8(10)18-11/h4-5H,1-3H2,(H,15,16,17). The molecule has 18 heavy (non-hydrogen) atoms. The highest BCUT2D eigenvalue weighted by Gasteiger charge is 2.10. The van der Waals surface area contributed by atoms with Gasteiger partial charge in [0.1, 0.15) is 5.52 Å². The number of fused-ring (bicyclic) bond motifs is 1. The molecule has 1 aromatic heterocycles. The largest absolute Gasteiger partial charge is 0.302 e. The minimum atomic E-state index is -0.100. The summed E-state index contributed by atoms with van der Waals surface area (Å²) in [6, 6.07) is 3.40. The van der Waals surface area contributed by atoms with Gasteiger partial charge >= 0.3 is 0 Å². The molecule has 1 aromatic carbocycles. The zero-order valence-corrected chi connectivity index (χ0v) is 12.3. The summed E-state index contributed by atoms with van der Waals surface area (Å²) in [5.41, 5.74) is 0.652. The maximum absolute atomic E-state index is 11.5. The Kier molecular flexibility index (Phi) is 4.67. The Labute approximate surface area is 123 Å². The Morgan fingerprint density at radius 2 is 2.17 bits per heavy atom. The molecule has 0 atom stereocenters. The molecular formula is C11H9Cl3N2OS. The number of aromatic nitrogens is 1. The lowest BCUT2D eigenvalue weighted by Crippen LogP contribution is -2.10. The first-order valence-electron chi connectivity index (χ1n) is 5.21. The fourth-order valence-electron chi connectivity index (χ4n) is 1.42. The van der Waals surface area contributed by atoms with Crippen LogP contribution in [0.2, 0.25) is 10.0 Å². The highest BCUT2D eigenvalue weighted by molar-refractivity contribution is 7.22. The number of thiazole rings is 1. The van der Waals surface area contributed by atoms with Gasteiger partial charge in [0.25, 0.3) is 0 Å². The smallest absolute Gasteiger partial charge is 0.226 e. The normalized spacial score (nSPS) is 10.8. The van der Waals surface area contributed by atoms with Crippen LogP contribution in [0.3, 0.4) is 0 Å². The molecule has 96 valence electrons. The van der Waals surface area contributed by atoms with Gasteiger partial charge in [0.05, 0.1) is 9.72 Å². The summed E-state index contributed by atoms with van der Waals surface area (Å²) in [7, 11) is 0. The SMILES string of the molecule is O=C(CCCCl)Nc1nc2c(Cl)cc(Cl)cc2s1. The van der Waals surface area contributed by atoms with Crippen molar-refractivity contribution in [3.05, 3.63) is 22.2 Å². The van der Waals surface area contributed by atoms with Crippen molar-refractivity contribution in [2.45, 2.75) is 12.8 Å². The van der Waals surface area contributed by atoms with Crippen molar-refractivity contribution in [3.8, 4) is 0 Å². The summed E-state index contributed by atoms with van der Waals surface area (Å²) in [6.45, 7) is 0. The van der Waals surface area contributed by atoms with Crippen molar-refractivity contribution >= 4 is 67.4 Å². The topological polar surface area (TPSA) is 42.0 Å². The monoisotopic (exact) mass is 322 g/mol. The van der Waals surface area contributed by atoms with E-state index in [1.54, 1.807) is 12.1 Å². The second-order valence-electron chi connectivity index (χ2n) is 3.59. The average Bonchev–Trinajstić information content (AvgIpc) is 2.69. The highest BCUT2D eigenvalue weighted by atomic mass is 35.5. The van der Waals surface area contributed by atoms with Crippen molar-refractivity contribution in [2.24, 2.45) is 0 Å². The zero-order valence-electron chi connectivity index (χ0n) is 9.17. The van der Waals surface area contributed by atoms with Crippen molar-refractivity contribution < 1.29 is 4.79 Å². The molecule has 7 heteroatoms. The molecule has 0 unspecified atom stereocenters. The van der Waals surface area contributed by atoms with Gasteiger partial charge < -0.3 is 5.32 Å². The Hall–Kier alpha value is -0.550. The number of halogens is 3. The molecule has 0 spiro atoms. The van der Waals surface area contributed by atoms with E-state index in [2.05, 4.69) is 10.3 Å². The van der Waals surface area contributed by atoms with E-state index in [-0.39, 0.29) is 5.91 Å². The molecule has 2 rings (SSSR count). The van der Waals surface area contributed by atoms with Crippen LogP contribution in [-0.2, 0) is 4.79 Å². The Morgan fingerprint density at radius 1 is 1.39 bits per heavy atom. The summed E-state index contributed by atoms with van der Waals surface area (Å²) < 4.78 is 0.847. The van der Waals surface area contributed by atoms with E-state index >= 15 is 0 Å². The molecule has 0 fully saturated rings. The van der Waals surface area contributed by atoms with E-state index in [1.165, 1.54) is 11.3 Å². The van der Waals surface area contributed by atoms with Gasteiger partial charge in [-0.15, -0.1) is 11.6 Å². The molecule has 0 aliphatic rings. The molecule has 3 nitrogen and oxygen atoms in total. The molecule has 0 saturated heterocycles. The summed E-state index contributed by atoms with van der Waals surface area (Å²) in [6.07, 6.45) is 1.03. The number of alkyl halides is 1. The number of nitrogens with one attached hydrogen (secondary N) is 1. The predicted molar refractivity (Wildman–Crippen MR) is 78.2 cm³/mol. The fraction of sp³-hybridized carbons (Fsp3) is 0.273. The molecule has 0 aliphatic carbocycles. The first-order chi connectivity index (χ1) is 8.60. The van der Waals surface area contributed by atoms with Crippen LogP contribution in [-0.4, -0.2) is 16.8 Å². The number of nitrogens with zero attached hydrogens (tertiary/aromatic N) is 1. The number of amides is 1. The number of rotatable bonds is 4. The fourth-order valence-corrected chi connectivity index (χ4v) is 3.16. The summed E-state index contributed by atoms with van der Waals surface area (Å²) in [4.78, 5) is 15.8. The van der Waals surface area contributed by atoms with Gasteiger partial charge in [-0.25, -0.2) is 4.98 Å². The van der Waals surface area contributed by atoms with Crippen LogP contribution in [0.1, 0.15) is 12.8 Å². The molecule has 1 amide bonds. The van der Waals surface area contributed by atoms with Gasteiger partial charge in [0.15, 0.2) is 5.13 Å². The minimum absolute atomic E-state index is 0.100. The van der Waals surface area contributed by atoms with Crippen LogP contribution >= 0.6 is 46.1 Å². The number of carbonyl (C=O) groups is 1. The molecule has 0 aliphatic heterocycles. The Balaban J connectivity index is 2.20. The van der Waals surface area contributed by atoms with Gasteiger partial charge in [-0.1, -0.05) is 34.5 Å². The minimum Gasteiger partial charge on any atom is -0.302 e. The van der Waals surface area contributed by atoms with Crippen molar-refractivity contribution in [1.82, 2.24) is 4.98 Å². The van der Waals surface area contributed by atoms with E-state index in [0.717, 1.165) is 4.70 Å². The van der Waals surface area contributed by atoms with Gasteiger partial charge in [-0.2, -0.15) is 0 Å². The third-order valence-electron chi connectivity index (χ3n) is 2.20. The number of benzene rings is 1. The van der Waals surface area contributed by atoms with Crippen molar-refractivity contribution in [1.29, 1.82) is 0 Å². The van der Waals surface area contributed by atoms with E-state index in [4.69, 9.17) is 34.8 Å². The first-order valence-corrected chi connectivity index (χ1v) is 7.32. The van der Waals surface area contributed by atoms with Crippen LogP contribution in [0, 0.1) is 0 Å². The summed E-state index contributed by atoms with van der Waals surface area (Å²) in [5, 5.41) is 4.28. The third kappa shape index (κ3) is 3.26. The Morgan fingerprint density at radius 3 is 2.89 bits per heavy atom. The van der Waals surface area contributed by atoms with E-state index in [1.807, 2.05) is 0 Å². The van der Waals surface area contributed by atoms with Crippen LogP contribution in [0.4, 0.5) is 5.13 Å². The third-order valence-corrected chi connectivity index (χ3v) is 3.89. The molecular weight excluding hydrogens is 315 g/mol. The number of carbonyl (C=O) groups excluding carboxylic acids is 1. The summed E-state index contributed by atoms with van der Waals surface area (Å²) in [5.74, 6) is 0.367. The van der Waals surface area contributed by atoms with Crippen LogP contribution in [0.25, 0.3) is 10.2 Å². The quantitative estimate of drug-likeness (QED) is 0.838. The number of anilines is 1. The van der Waals surface area contributed by atoms with Crippen molar-refractivity contribution in [3.63, 3.8) is 0 Å². The lowest BCUT2D eigenvalue weighted by Gasteiger charge is -1.98. The van der Waals surface area contributed by atoms with Gasteiger partial charge in [-0.05, 0) is 18.6 Å². The molecule has 0 radical (unpaired) electrons. The molecule has 2 aromatic rings. The van der Waals surface area contributed by atoms with Crippen molar-refractivity contribution in [2.75, 3.05) is 11.2 Å². The maximum Gasteiger partial charge on any atom is 0.226 e. The molecule has 1 heterocycles. The second kappa shape index (κ2) is 6.06. The molecule has 1 N–H and O–H groups in total. The number of hydrogen-bond donors (Lipinski definition) is 1.